The molecule has 1 atom stereocenters. The summed E-state index contributed by atoms with van der Waals surface area (Å²) < 4.78 is 0. The zero-order valence-corrected chi connectivity index (χ0v) is 11.5. The third kappa shape index (κ3) is 3.52. The molecule has 0 heterocycles. The quantitative estimate of drug-likeness (QED) is 0.429. The van der Waals surface area contributed by atoms with Gasteiger partial charge in [0, 0.05) is 11.8 Å². The number of benzene rings is 2. The molecule has 0 aliphatic rings. The van der Waals surface area contributed by atoms with E-state index in [2.05, 4.69) is 55.5 Å². The van der Waals surface area contributed by atoms with Crippen LogP contribution in [-0.4, -0.2) is 0 Å². The van der Waals surface area contributed by atoms with Crippen molar-refractivity contribution in [3.8, 4) is 0 Å². The molecule has 17 heavy (non-hydrogen) atoms. The molecular weight excluding hydrogens is 248 g/mol. The van der Waals surface area contributed by atoms with Crippen LogP contribution in [-0.2, 0) is 11.8 Å². The predicted octanol–water partition coefficient (Wildman–Crippen LogP) is 4.61. The van der Waals surface area contributed by atoms with Gasteiger partial charge in [-0.05, 0) is 36.2 Å². The van der Waals surface area contributed by atoms with E-state index in [1.807, 2.05) is 6.07 Å². The molecule has 0 bridgehead atoms. The summed E-state index contributed by atoms with van der Waals surface area (Å²) in [5.74, 6) is 0. The molecule has 1 unspecified atom stereocenters. The average molecular weight is 264 g/mol. The van der Waals surface area contributed by atoms with Crippen molar-refractivity contribution >= 4 is 23.4 Å². The summed E-state index contributed by atoms with van der Waals surface area (Å²) in [5.41, 5.74) is 1.22. The number of hydrogen-bond donors (Lipinski definition) is 0. The Kier molecular flexibility index (Phi) is 4.52. The topological polar surface area (TPSA) is 0 Å². The Hall–Kier alpha value is -0.920. The molecule has 0 spiro atoms. The Balaban J connectivity index is 2.17. The smallest absolute Gasteiger partial charge is 0.118 e. The second-order valence-corrected chi connectivity index (χ2v) is 5.70. The molecule has 2 aromatic rings. The minimum Gasteiger partial charge on any atom is -0.118 e. The van der Waals surface area contributed by atoms with Crippen molar-refractivity contribution < 1.29 is 0 Å². The second-order valence-electron chi connectivity index (χ2n) is 3.92. The highest BCUT2D eigenvalue weighted by Crippen LogP contribution is 2.25. The molecule has 0 nitrogen and oxygen atoms in total. The third-order valence-corrected chi connectivity index (χ3v) is 4.26. The van der Waals surface area contributed by atoms with Crippen LogP contribution in [0.3, 0.4) is 0 Å². The lowest BCUT2D eigenvalue weighted by molar-refractivity contribution is 0.880. The van der Waals surface area contributed by atoms with Gasteiger partial charge in [-0.25, -0.2) is 0 Å². The molecule has 0 fully saturated rings. The summed E-state index contributed by atoms with van der Waals surface area (Å²) in [6, 6.07) is 19.0. The zero-order valence-electron chi connectivity index (χ0n) is 9.81. The summed E-state index contributed by atoms with van der Waals surface area (Å²) in [7, 11) is 0. The van der Waals surface area contributed by atoms with Gasteiger partial charge in [-0.1, -0.05) is 37.3 Å². The van der Waals surface area contributed by atoms with E-state index in [-0.39, 0.29) is 5.38 Å². The molecule has 88 valence electrons. The van der Waals surface area contributed by atoms with Gasteiger partial charge in [0.05, 0.1) is 5.38 Å². The fourth-order valence-corrected chi connectivity index (χ4v) is 2.81. The molecular formula is C15H16ClS+. The van der Waals surface area contributed by atoms with Crippen LogP contribution in [0.1, 0.15) is 24.3 Å². The van der Waals surface area contributed by atoms with Crippen molar-refractivity contribution in [3.63, 3.8) is 0 Å². The summed E-state index contributed by atoms with van der Waals surface area (Å²) >= 11 is 7.50. The highest BCUT2D eigenvalue weighted by atomic mass is 35.5. The van der Waals surface area contributed by atoms with Gasteiger partial charge in [-0.2, -0.15) is 0 Å². The molecule has 2 heteroatoms. The molecule has 0 aromatic heterocycles. The lowest BCUT2D eigenvalue weighted by Crippen LogP contribution is -1.91. The van der Waals surface area contributed by atoms with Gasteiger partial charge in [-0.15, -0.1) is 11.6 Å². The minimum absolute atomic E-state index is 0.126. The maximum atomic E-state index is 6.26. The molecule has 0 saturated heterocycles. The molecule has 0 N–H and O–H groups in total. The molecule has 0 saturated carbocycles. The number of thiol groups is 1. The maximum Gasteiger partial charge on any atom is 0.158 e. The lowest BCUT2D eigenvalue weighted by atomic mass is 10.1. The summed E-state index contributed by atoms with van der Waals surface area (Å²) in [6.45, 7) is 2.11. The normalized spacial score (nSPS) is 12.4. The number of halogens is 1. The summed E-state index contributed by atoms with van der Waals surface area (Å²) in [6.07, 6.45) is 0.966. The Morgan fingerprint density at radius 2 is 1.71 bits per heavy atom. The van der Waals surface area contributed by atoms with Crippen molar-refractivity contribution in [2.24, 2.45) is 0 Å². The molecule has 2 aromatic carbocycles. The molecule has 0 radical (unpaired) electrons. The first-order valence-corrected chi connectivity index (χ1v) is 7.13. The van der Waals surface area contributed by atoms with E-state index in [9.17, 15) is 0 Å². The maximum absolute atomic E-state index is 6.26. The standard InChI is InChI=1S/C15H15ClS/c1-2-15(16)12-7-6-10-14(11-12)17-13-8-4-3-5-9-13/h3-11,15H,2H2,1H3/p+1. The summed E-state index contributed by atoms with van der Waals surface area (Å²) in [4.78, 5) is 2.61. The third-order valence-electron chi connectivity index (χ3n) is 2.60. The van der Waals surface area contributed by atoms with Crippen molar-refractivity contribution in [2.75, 3.05) is 0 Å². The van der Waals surface area contributed by atoms with Crippen LogP contribution in [0, 0.1) is 0 Å². The first kappa shape index (κ1) is 12.5. The van der Waals surface area contributed by atoms with E-state index in [1.54, 1.807) is 0 Å². The van der Waals surface area contributed by atoms with Crippen molar-refractivity contribution in [1.29, 1.82) is 0 Å². The fraction of sp³-hybridized carbons (Fsp3) is 0.200. The SMILES string of the molecule is CCC(Cl)c1cccc([SH+]c2ccccc2)c1. The first-order valence-electron chi connectivity index (χ1n) is 5.80. The van der Waals surface area contributed by atoms with Gasteiger partial charge in [0.15, 0.2) is 9.79 Å². The van der Waals surface area contributed by atoms with Gasteiger partial charge >= 0.3 is 0 Å². The van der Waals surface area contributed by atoms with Crippen LogP contribution in [0.4, 0.5) is 0 Å². The van der Waals surface area contributed by atoms with E-state index >= 15 is 0 Å². The Morgan fingerprint density at radius 1 is 1.00 bits per heavy atom. The highest BCUT2D eigenvalue weighted by Gasteiger charge is 2.10. The van der Waals surface area contributed by atoms with Gasteiger partial charge in [0.25, 0.3) is 0 Å². The van der Waals surface area contributed by atoms with Crippen LogP contribution in [0.15, 0.2) is 64.4 Å². The Labute approximate surface area is 112 Å². The average Bonchev–Trinajstić information content (AvgIpc) is 2.39. The van der Waals surface area contributed by atoms with Gasteiger partial charge in [0.1, 0.15) is 0 Å². The zero-order chi connectivity index (χ0) is 12.1. The highest BCUT2D eigenvalue weighted by molar-refractivity contribution is 7.78. The number of hydrogen-bond acceptors (Lipinski definition) is 0. The van der Waals surface area contributed by atoms with Crippen molar-refractivity contribution in [1.82, 2.24) is 0 Å². The van der Waals surface area contributed by atoms with Gasteiger partial charge in [0.2, 0.25) is 0 Å². The lowest BCUT2D eigenvalue weighted by Gasteiger charge is -2.05. The van der Waals surface area contributed by atoms with Crippen LogP contribution >= 0.6 is 11.6 Å². The Bertz CT molecular complexity index is 467. The van der Waals surface area contributed by atoms with Crippen molar-refractivity contribution in [3.05, 3.63) is 60.2 Å². The number of alkyl halides is 1. The molecule has 0 aliphatic carbocycles. The van der Waals surface area contributed by atoms with E-state index in [1.165, 1.54) is 27.1 Å². The van der Waals surface area contributed by atoms with Crippen LogP contribution in [0.5, 0.6) is 0 Å². The van der Waals surface area contributed by atoms with Crippen LogP contribution in [0.25, 0.3) is 0 Å². The van der Waals surface area contributed by atoms with E-state index in [4.69, 9.17) is 11.6 Å². The fourth-order valence-electron chi connectivity index (χ4n) is 1.68. The number of rotatable bonds is 4. The monoisotopic (exact) mass is 263 g/mol. The van der Waals surface area contributed by atoms with Gasteiger partial charge < -0.3 is 0 Å². The first-order chi connectivity index (χ1) is 8.29. The van der Waals surface area contributed by atoms with E-state index in [0.29, 0.717) is 0 Å². The largest absolute Gasteiger partial charge is 0.158 e. The summed E-state index contributed by atoms with van der Waals surface area (Å²) in [5, 5.41) is 0.126. The minimum atomic E-state index is 0.126. The predicted molar refractivity (Wildman–Crippen MR) is 77.1 cm³/mol. The molecule has 0 amide bonds. The van der Waals surface area contributed by atoms with Crippen LogP contribution < -0.4 is 0 Å². The van der Waals surface area contributed by atoms with Crippen LogP contribution in [0.2, 0.25) is 0 Å². The van der Waals surface area contributed by atoms with Gasteiger partial charge in [-0.3, -0.25) is 0 Å². The molecule has 2 rings (SSSR count). The second kappa shape index (κ2) is 6.13. The Morgan fingerprint density at radius 3 is 2.41 bits per heavy atom. The molecule has 0 aliphatic heterocycles. The van der Waals surface area contributed by atoms with Crippen molar-refractivity contribution in [2.45, 2.75) is 28.5 Å². The van der Waals surface area contributed by atoms with E-state index in [0.717, 1.165) is 6.42 Å². The van der Waals surface area contributed by atoms with E-state index < -0.39 is 0 Å².